The first kappa shape index (κ1) is 12.4. The van der Waals surface area contributed by atoms with Crippen LogP contribution in [0.3, 0.4) is 0 Å². The zero-order valence-electron chi connectivity index (χ0n) is 11.1. The van der Waals surface area contributed by atoms with E-state index < -0.39 is 5.97 Å². The molecule has 0 bridgehead atoms. The van der Waals surface area contributed by atoms with Gasteiger partial charge in [0, 0.05) is 12.4 Å². The van der Waals surface area contributed by atoms with Gasteiger partial charge in [0.1, 0.15) is 0 Å². The van der Waals surface area contributed by atoms with Gasteiger partial charge in [-0.15, -0.1) is 0 Å². The van der Waals surface area contributed by atoms with E-state index in [0.717, 1.165) is 27.6 Å². The molecular formula is C16H14N2O2. The molecule has 0 fully saturated rings. The zero-order valence-corrected chi connectivity index (χ0v) is 11.1. The van der Waals surface area contributed by atoms with Crippen molar-refractivity contribution in [1.29, 1.82) is 0 Å². The fraction of sp³-hybridized carbons (Fsp3) is 0.125. The number of carboxylic acid groups (broad SMARTS) is 1. The van der Waals surface area contributed by atoms with Crippen molar-refractivity contribution < 1.29 is 9.90 Å². The van der Waals surface area contributed by atoms with Gasteiger partial charge in [-0.05, 0) is 28.8 Å². The van der Waals surface area contributed by atoms with Gasteiger partial charge in [0.25, 0.3) is 0 Å². The first-order chi connectivity index (χ1) is 9.63. The van der Waals surface area contributed by atoms with Crippen molar-refractivity contribution in [2.75, 3.05) is 0 Å². The van der Waals surface area contributed by atoms with Gasteiger partial charge in [-0.2, -0.15) is 5.10 Å². The number of carboxylic acids is 1. The van der Waals surface area contributed by atoms with Gasteiger partial charge in [-0.3, -0.25) is 9.48 Å². The molecule has 0 aliphatic rings. The normalized spacial score (nSPS) is 10.8. The Morgan fingerprint density at radius 1 is 1.20 bits per heavy atom. The highest BCUT2D eigenvalue weighted by Gasteiger charge is 2.05. The van der Waals surface area contributed by atoms with E-state index in [-0.39, 0.29) is 6.42 Å². The molecule has 0 unspecified atom stereocenters. The molecule has 4 nitrogen and oxygen atoms in total. The minimum absolute atomic E-state index is 0.0446. The van der Waals surface area contributed by atoms with Gasteiger partial charge in [0.15, 0.2) is 0 Å². The Morgan fingerprint density at radius 3 is 2.80 bits per heavy atom. The zero-order chi connectivity index (χ0) is 14.1. The summed E-state index contributed by atoms with van der Waals surface area (Å²) in [4.78, 5) is 10.8. The molecule has 4 heteroatoms. The Morgan fingerprint density at radius 2 is 2.00 bits per heavy atom. The lowest BCUT2D eigenvalue weighted by Crippen LogP contribution is -1.99. The molecule has 0 saturated carbocycles. The van der Waals surface area contributed by atoms with E-state index in [1.807, 2.05) is 54.3 Å². The summed E-state index contributed by atoms with van der Waals surface area (Å²) in [5.74, 6) is -0.815. The van der Waals surface area contributed by atoms with E-state index in [1.165, 1.54) is 0 Å². The molecule has 1 heterocycles. The van der Waals surface area contributed by atoms with Crippen LogP contribution in [-0.2, 0) is 18.3 Å². The van der Waals surface area contributed by atoms with E-state index in [4.69, 9.17) is 5.11 Å². The minimum atomic E-state index is -0.815. The van der Waals surface area contributed by atoms with Gasteiger partial charge in [0.2, 0.25) is 0 Å². The van der Waals surface area contributed by atoms with E-state index in [2.05, 4.69) is 11.2 Å². The summed E-state index contributed by atoms with van der Waals surface area (Å²) in [5.41, 5.74) is 3.98. The van der Waals surface area contributed by atoms with E-state index >= 15 is 0 Å². The number of aryl methyl sites for hydroxylation is 1. The average molecular weight is 266 g/mol. The monoisotopic (exact) mass is 266 g/mol. The third-order valence-corrected chi connectivity index (χ3v) is 3.36. The van der Waals surface area contributed by atoms with Crippen LogP contribution in [0.4, 0.5) is 0 Å². The first-order valence-corrected chi connectivity index (χ1v) is 6.36. The molecule has 0 aliphatic heterocycles. The van der Waals surface area contributed by atoms with Crippen LogP contribution in [0.2, 0.25) is 0 Å². The van der Waals surface area contributed by atoms with Crippen LogP contribution in [0.5, 0.6) is 0 Å². The predicted molar refractivity (Wildman–Crippen MR) is 77.5 cm³/mol. The lowest BCUT2D eigenvalue weighted by molar-refractivity contribution is -0.136. The first-order valence-electron chi connectivity index (χ1n) is 6.36. The second kappa shape index (κ2) is 4.81. The molecule has 3 aromatic rings. The lowest BCUT2D eigenvalue weighted by Gasteiger charge is -2.05. The fourth-order valence-corrected chi connectivity index (χ4v) is 2.38. The van der Waals surface area contributed by atoms with Crippen LogP contribution < -0.4 is 0 Å². The fourth-order valence-electron chi connectivity index (χ4n) is 2.38. The van der Waals surface area contributed by atoms with Crippen molar-refractivity contribution >= 4 is 16.9 Å². The average Bonchev–Trinajstić information content (AvgIpc) is 2.79. The van der Waals surface area contributed by atoms with Gasteiger partial charge >= 0.3 is 5.97 Å². The number of rotatable bonds is 3. The van der Waals surface area contributed by atoms with E-state index in [0.29, 0.717) is 0 Å². The highest BCUT2D eigenvalue weighted by molar-refractivity contribution is 5.84. The lowest BCUT2D eigenvalue weighted by atomic mass is 10.0. The highest BCUT2D eigenvalue weighted by Crippen LogP contribution is 2.25. The number of benzene rings is 2. The number of nitrogens with zero attached hydrogens (tertiary/aromatic N) is 2. The summed E-state index contributed by atoms with van der Waals surface area (Å²) < 4.78 is 1.83. The summed E-state index contributed by atoms with van der Waals surface area (Å²) in [7, 11) is 1.91. The maximum Gasteiger partial charge on any atom is 0.307 e. The number of hydrogen-bond donors (Lipinski definition) is 1. The van der Waals surface area contributed by atoms with Crippen molar-refractivity contribution in [3.8, 4) is 11.1 Å². The highest BCUT2D eigenvalue weighted by atomic mass is 16.4. The third kappa shape index (κ3) is 2.28. The topological polar surface area (TPSA) is 55.1 Å². The number of aromatic nitrogens is 2. The van der Waals surface area contributed by atoms with Crippen LogP contribution in [0.1, 0.15) is 5.56 Å². The molecule has 0 saturated heterocycles. The van der Waals surface area contributed by atoms with Crippen molar-refractivity contribution in [1.82, 2.24) is 9.78 Å². The Labute approximate surface area is 116 Å². The smallest absolute Gasteiger partial charge is 0.307 e. The molecule has 0 radical (unpaired) electrons. The molecule has 0 aliphatic carbocycles. The number of aliphatic carboxylic acids is 1. The summed E-state index contributed by atoms with van der Waals surface area (Å²) >= 11 is 0. The number of carbonyl (C=O) groups is 1. The maximum absolute atomic E-state index is 10.8. The summed E-state index contributed by atoms with van der Waals surface area (Å²) in [6, 6.07) is 13.8. The van der Waals surface area contributed by atoms with Crippen LogP contribution in [-0.4, -0.2) is 20.9 Å². The van der Waals surface area contributed by atoms with E-state index in [9.17, 15) is 4.79 Å². The summed E-state index contributed by atoms with van der Waals surface area (Å²) in [5, 5.41) is 14.2. The molecule has 1 N–H and O–H groups in total. The van der Waals surface area contributed by atoms with Crippen LogP contribution in [0.25, 0.3) is 22.0 Å². The number of hydrogen-bond acceptors (Lipinski definition) is 2. The van der Waals surface area contributed by atoms with Gasteiger partial charge in [0.05, 0.1) is 18.1 Å². The van der Waals surface area contributed by atoms with Crippen LogP contribution in [0.15, 0.2) is 48.7 Å². The van der Waals surface area contributed by atoms with Crippen molar-refractivity contribution in [2.24, 2.45) is 7.05 Å². The summed E-state index contributed by atoms with van der Waals surface area (Å²) in [6.45, 7) is 0. The van der Waals surface area contributed by atoms with Gasteiger partial charge in [-0.25, -0.2) is 0 Å². The quantitative estimate of drug-likeness (QED) is 0.793. The third-order valence-electron chi connectivity index (χ3n) is 3.36. The Kier molecular flexibility index (Phi) is 2.99. The molecule has 3 rings (SSSR count). The van der Waals surface area contributed by atoms with Crippen molar-refractivity contribution in [3.05, 3.63) is 54.2 Å². The minimum Gasteiger partial charge on any atom is -0.481 e. The molecule has 0 atom stereocenters. The van der Waals surface area contributed by atoms with Crippen LogP contribution >= 0.6 is 0 Å². The molecule has 0 amide bonds. The molecule has 0 spiro atoms. The molecule has 100 valence electrons. The second-order valence-electron chi connectivity index (χ2n) is 4.81. The SMILES string of the molecule is Cn1ncc2cc(-c3cccc(CC(=O)O)c3)ccc21. The Bertz CT molecular complexity index is 790. The summed E-state index contributed by atoms with van der Waals surface area (Å²) in [6.07, 6.45) is 1.88. The van der Waals surface area contributed by atoms with Gasteiger partial charge in [-0.1, -0.05) is 30.3 Å². The molecule has 2 aromatic carbocycles. The van der Waals surface area contributed by atoms with Gasteiger partial charge < -0.3 is 5.11 Å². The Balaban J connectivity index is 2.03. The number of fused-ring (bicyclic) bond motifs is 1. The van der Waals surface area contributed by atoms with E-state index in [1.54, 1.807) is 0 Å². The Hall–Kier alpha value is -2.62. The molecule has 1 aromatic heterocycles. The van der Waals surface area contributed by atoms with Crippen molar-refractivity contribution in [2.45, 2.75) is 6.42 Å². The standard InChI is InChI=1S/C16H14N2O2/c1-18-15-6-5-13(9-14(15)10-17-18)12-4-2-3-11(7-12)8-16(19)20/h2-7,9-10H,8H2,1H3,(H,19,20). The maximum atomic E-state index is 10.8. The van der Waals surface area contributed by atoms with Crippen LogP contribution in [0, 0.1) is 0 Å². The molecular weight excluding hydrogens is 252 g/mol. The second-order valence-corrected chi connectivity index (χ2v) is 4.81. The van der Waals surface area contributed by atoms with Crippen molar-refractivity contribution in [3.63, 3.8) is 0 Å². The predicted octanol–water partition coefficient (Wildman–Crippen LogP) is 2.87. The molecule has 20 heavy (non-hydrogen) atoms. The largest absolute Gasteiger partial charge is 0.481 e.